The molecule has 0 aliphatic heterocycles. The summed E-state index contributed by atoms with van der Waals surface area (Å²) in [5.41, 5.74) is 0. The SMILES string of the molecule is CCCCCCC(S)CC(C)=O. The number of carbonyl (C=O) groups excluding carboxylic acids is 1. The number of carbonyl (C=O) groups is 1. The smallest absolute Gasteiger partial charge is 0.130 e. The average molecular weight is 188 g/mol. The lowest BCUT2D eigenvalue weighted by Gasteiger charge is -2.07. The summed E-state index contributed by atoms with van der Waals surface area (Å²) in [5, 5.41) is 0.291. The van der Waals surface area contributed by atoms with E-state index in [1.54, 1.807) is 6.92 Å². The fourth-order valence-corrected chi connectivity index (χ4v) is 1.68. The zero-order chi connectivity index (χ0) is 9.40. The van der Waals surface area contributed by atoms with Crippen molar-refractivity contribution in [2.45, 2.75) is 57.6 Å². The highest BCUT2D eigenvalue weighted by Crippen LogP contribution is 2.12. The van der Waals surface area contributed by atoms with Crippen LogP contribution in [0, 0.1) is 0 Å². The number of thiol groups is 1. The second kappa shape index (κ2) is 7.66. The molecule has 1 nitrogen and oxygen atoms in total. The van der Waals surface area contributed by atoms with E-state index < -0.39 is 0 Å². The van der Waals surface area contributed by atoms with E-state index in [1.807, 2.05) is 0 Å². The van der Waals surface area contributed by atoms with Gasteiger partial charge in [0.1, 0.15) is 5.78 Å². The summed E-state index contributed by atoms with van der Waals surface area (Å²) in [4.78, 5) is 10.7. The third kappa shape index (κ3) is 8.12. The highest BCUT2D eigenvalue weighted by atomic mass is 32.1. The van der Waals surface area contributed by atoms with Crippen LogP contribution in [0.3, 0.4) is 0 Å². The molecule has 0 amide bonds. The van der Waals surface area contributed by atoms with Crippen molar-refractivity contribution in [3.63, 3.8) is 0 Å². The van der Waals surface area contributed by atoms with Gasteiger partial charge >= 0.3 is 0 Å². The second-order valence-electron chi connectivity index (χ2n) is 3.41. The minimum Gasteiger partial charge on any atom is -0.300 e. The van der Waals surface area contributed by atoms with Gasteiger partial charge in [-0.15, -0.1) is 0 Å². The van der Waals surface area contributed by atoms with Gasteiger partial charge in [0.2, 0.25) is 0 Å². The van der Waals surface area contributed by atoms with E-state index in [0.29, 0.717) is 11.7 Å². The number of unbranched alkanes of at least 4 members (excludes halogenated alkanes) is 3. The molecule has 0 saturated heterocycles. The topological polar surface area (TPSA) is 17.1 Å². The Bertz CT molecular complexity index is 123. The Morgan fingerprint density at radius 1 is 1.33 bits per heavy atom. The Morgan fingerprint density at radius 3 is 2.50 bits per heavy atom. The van der Waals surface area contributed by atoms with Crippen LogP contribution in [0.15, 0.2) is 0 Å². The maximum absolute atomic E-state index is 10.7. The van der Waals surface area contributed by atoms with Crippen LogP contribution in [-0.4, -0.2) is 11.0 Å². The Morgan fingerprint density at radius 2 is 2.00 bits per heavy atom. The summed E-state index contributed by atoms with van der Waals surface area (Å²) in [6.07, 6.45) is 6.79. The van der Waals surface area contributed by atoms with Crippen LogP contribution in [0.1, 0.15) is 52.4 Å². The second-order valence-corrected chi connectivity index (χ2v) is 4.14. The van der Waals surface area contributed by atoms with Gasteiger partial charge in [0, 0.05) is 11.7 Å². The number of hydrogen-bond acceptors (Lipinski definition) is 2. The quantitative estimate of drug-likeness (QED) is 0.479. The molecular formula is C10H20OS. The lowest BCUT2D eigenvalue weighted by Crippen LogP contribution is -2.04. The summed E-state index contributed by atoms with van der Waals surface area (Å²) in [6.45, 7) is 3.84. The van der Waals surface area contributed by atoms with E-state index in [1.165, 1.54) is 25.7 Å². The molecule has 0 rings (SSSR count). The maximum Gasteiger partial charge on any atom is 0.130 e. The van der Waals surface area contributed by atoms with E-state index in [9.17, 15) is 4.79 Å². The van der Waals surface area contributed by atoms with Crippen LogP contribution < -0.4 is 0 Å². The molecule has 0 aromatic heterocycles. The van der Waals surface area contributed by atoms with Crippen molar-refractivity contribution in [1.29, 1.82) is 0 Å². The molecule has 2 heteroatoms. The van der Waals surface area contributed by atoms with E-state index in [4.69, 9.17) is 0 Å². The molecule has 0 saturated carbocycles. The van der Waals surface area contributed by atoms with E-state index in [-0.39, 0.29) is 5.78 Å². The van der Waals surface area contributed by atoms with Crippen molar-refractivity contribution in [3.05, 3.63) is 0 Å². The van der Waals surface area contributed by atoms with Crippen molar-refractivity contribution in [1.82, 2.24) is 0 Å². The summed E-state index contributed by atoms with van der Waals surface area (Å²) >= 11 is 4.35. The van der Waals surface area contributed by atoms with Gasteiger partial charge in [-0.1, -0.05) is 32.6 Å². The highest BCUT2D eigenvalue weighted by Gasteiger charge is 2.04. The third-order valence-corrected chi connectivity index (χ3v) is 2.35. The molecule has 0 heterocycles. The van der Waals surface area contributed by atoms with Gasteiger partial charge in [-0.25, -0.2) is 0 Å². The normalized spacial score (nSPS) is 12.9. The molecule has 0 radical (unpaired) electrons. The van der Waals surface area contributed by atoms with Crippen LogP contribution in [-0.2, 0) is 4.79 Å². The molecule has 12 heavy (non-hydrogen) atoms. The first-order valence-electron chi connectivity index (χ1n) is 4.84. The van der Waals surface area contributed by atoms with Gasteiger partial charge in [0.15, 0.2) is 0 Å². The Kier molecular flexibility index (Phi) is 7.67. The fourth-order valence-electron chi connectivity index (χ4n) is 1.24. The molecule has 0 aliphatic carbocycles. The number of ketones is 1. The molecule has 0 aliphatic rings. The van der Waals surface area contributed by atoms with Crippen molar-refractivity contribution in [2.75, 3.05) is 0 Å². The predicted octanol–water partition coefficient (Wildman–Crippen LogP) is 3.23. The monoisotopic (exact) mass is 188 g/mol. The number of rotatable bonds is 7. The summed E-state index contributed by atoms with van der Waals surface area (Å²) < 4.78 is 0. The molecule has 72 valence electrons. The first kappa shape index (κ1) is 12.0. The largest absolute Gasteiger partial charge is 0.300 e. The Hall–Kier alpha value is 0.0200. The number of hydrogen-bond donors (Lipinski definition) is 1. The molecule has 1 unspecified atom stereocenters. The van der Waals surface area contributed by atoms with Gasteiger partial charge in [-0.3, -0.25) is 4.79 Å². The zero-order valence-corrected chi connectivity index (χ0v) is 9.07. The average Bonchev–Trinajstić information content (AvgIpc) is 1.97. The standard InChI is InChI=1S/C10H20OS/c1-3-4-5-6-7-10(12)8-9(2)11/h10,12H,3-8H2,1-2H3. The van der Waals surface area contributed by atoms with Crippen LogP contribution in [0.2, 0.25) is 0 Å². The molecule has 1 atom stereocenters. The van der Waals surface area contributed by atoms with Gasteiger partial charge in [-0.2, -0.15) is 12.6 Å². The molecular weight excluding hydrogens is 168 g/mol. The lowest BCUT2D eigenvalue weighted by atomic mass is 10.1. The maximum atomic E-state index is 10.7. The fraction of sp³-hybridized carbons (Fsp3) is 0.900. The minimum atomic E-state index is 0.255. The van der Waals surface area contributed by atoms with Crippen LogP contribution in [0.25, 0.3) is 0 Å². The lowest BCUT2D eigenvalue weighted by molar-refractivity contribution is -0.117. The van der Waals surface area contributed by atoms with Crippen LogP contribution >= 0.6 is 12.6 Å². The van der Waals surface area contributed by atoms with Crippen LogP contribution in [0.5, 0.6) is 0 Å². The van der Waals surface area contributed by atoms with Crippen LogP contribution in [0.4, 0.5) is 0 Å². The first-order valence-corrected chi connectivity index (χ1v) is 5.36. The molecule has 0 aromatic carbocycles. The van der Waals surface area contributed by atoms with Gasteiger partial charge in [0.25, 0.3) is 0 Å². The summed E-state index contributed by atoms with van der Waals surface area (Å²) in [6, 6.07) is 0. The zero-order valence-electron chi connectivity index (χ0n) is 8.18. The van der Waals surface area contributed by atoms with Crippen molar-refractivity contribution in [3.8, 4) is 0 Å². The van der Waals surface area contributed by atoms with E-state index in [0.717, 1.165) is 6.42 Å². The first-order chi connectivity index (χ1) is 5.66. The van der Waals surface area contributed by atoms with Gasteiger partial charge in [-0.05, 0) is 13.3 Å². The van der Waals surface area contributed by atoms with Crippen molar-refractivity contribution < 1.29 is 4.79 Å². The van der Waals surface area contributed by atoms with Crippen molar-refractivity contribution >= 4 is 18.4 Å². The highest BCUT2D eigenvalue weighted by molar-refractivity contribution is 7.81. The molecule has 0 fully saturated rings. The van der Waals surface area contributed by atoms with Gasteiger partial charge < -0.3 is 0 Å². The van der Waals surface area contributed by atoms with E-state index in [2.05, 4.69) is 19.6 Å². The predicted molar refractivity (Wildman–Crippen MR) is 56.8 cm³/mol. The molecule has 0 bridgehead atoms. The van der Waals surface area contributed by atoms with Crippen molar-refractivity contribution in [2.24, 2.45) is 0 Å². The summed E-state index contributed by atoms with van der Waals surface area (Å²) in [7, 11) is 0. The number of Topliss-reactive ketones (excluding diaryl/α,β-unsaturated/α-hetero) is 1. The minimum absolute atomic E-state index is 0.255. The Labute approximate surface area is 81.3 Å². The third-order valence-electron chi connectivity index (χ3n) is 1.91. The van der Waals surface area contributed by atoms with E-state index >= 15 is 0 Å². The summed E-state index contributed by atoms with van der Waals surface area (Å²) in [5.74, 6) is 0.255. The Balaban J connectivity index is 3.19. The molecule has 0 spiro atoms. The molecule has 0 aromatic rings. The molecule has 0 N–H and O–H groups in total. The van der Waals surface area contributed by atoms with Gasteiger partial charge in [0.05, 0.1) is 0 Å².